The zero-order valence-corrected chi connectivity index (χ0v) is 15.0. The lowest BCUT2D eigenvalue weighted by molar-refractivity contribution is 0.0752. The third-order valence-electron chi connectivity index (χ3n) is 4.81. The van der Waals surface area contributed by atoms with Crippen LogP contribution >= 0.6 is 0 Å². The molecule has 0 unspecified atom stereocenters. The van der Waals surface area contributed by atoms with Gasteiger partial charge >= 0.3 is 0 Å². The van der Waals surface area contributed by atoms with Crippen LogP contribution in [-0.4, -0.2) is 58.6 Å². The van der Waals surface area contributed by atoms with Gasteiger partial charge in [0.05, 0.1) is 12.1 Å². The first-order chi connectivity index (χ1) is 11.9. The van der Waals surface area contributed by atoms with Gasteiger partial charge in [0.1, 0.15) is 11.2 Å². The topological polar surface area (TPSA) is 75.9 Å². The van der Waals surface area contributed by atoms with E-state index in [1.165, 1.54) is 10.6 Å². The molecular formula is C18H24N4O3. The molecule has 0 saturated carbocycles. The van der Waals surface area contributed by atoms with Gasteiger partial charge in [-0.2, -0.15) is 0 Å². The molecule has 3 heterocycles. The summed E-state index contributed by atoms with van der Waals surface area (Å²) in [5, 5.41) is 2.95. The molecule has 0 aliphatic carbocycles. The third-order valence-corrected chi connectivity index (χ3v) is 4.81. The molecule has 1 amide bonds. The van der Waals surface area contributed by atoms with Gasteiger partial charge < -0.3 is 10.1 Å². The second-order valence-corrected chi connectivity index (χ2v) is 6.74. The molecule has 0 spiro atoms. The quantitative estimate of drug-likeness (QED) is 0.889. The van der Waals surface area contributed by atoms with Gasteiger partial charge in [-0.05, 0) is 32.9 Å². The van der Waals surface area contributed by atoms with E-state index >= 15 is 0 Å². The lowest BCUT2D eigenvalue weighted by Crippen LogP contribution is -2.45. The molecule has 0 radical (unpaired) electrons. The number of fused-ring (bicyclic) bond motifs is 1. The first-order valence-electron chi connectivity index (χ1n) is 8.47. The summed E-state index contributed by atoms with van der Waals surface area (Å²) in [5.41, 5.74) is 0.965. The Morgan fingerprint density at radius 3 is 2.80 bits per heavy atom. The molecule has 7 nitrogen and oxygen atoms in total. The SMILES string of the molecule is CO[C@H]1CN(C(C)C)C[C@@H]1NC(=O)c1cnc2cccc(C)n2c1=O. The van der Waals surface area contributed by atoms with E-state index in [1.807, 2.05) is 19.1 Å². The Kier molecular flexibility index (Phi) is 4.87. The Labute approximate surface area is 146 Å². The molecule has 2 aromatic rings. The average Bonchev–Trinajstić information content (AvgIpc) is 2.98. The van der Waals surface area contributed by atoms with Gasteiger partial charge in [-0.25, -0.2) is 4.98 Å². The van der Waals surface area contributed by atoms with E-state index in [4.69, 9.17) is 4.74 Å². The van der Waals surface area contributed by atoms with E-state index in [-0.39, 0.29) is 23.3 Å². The van der Waals surface area contributed by atoms with E-state index < -0.39 is 5.91 Å². The number of carbonyl (C=O) groups excluding carboxylic acids is 1. The van der Waals surface area contributed by atoms with Crippen LogP contribution in [0.1, 0.15) is 29.9 Å². The van der Waals surface area contributed by atoms with E-state index in [0.717, 1.165) is 12.2 Å². The van der Waals surface area contributed by atoms with Crippen molar-refractivity contribution in [3.05, 3.63) is 46.0 Å². The number of methoxy groups -OCH3 is 1. The molecule has 1 aliphatic heterocycles. The van der Waals surface area contributed by atoms with Crippen molar-refractivity contribution in [3.63, 3.8) is 0 Å². The summed E-state index contributed by atoms with van der Waals surface area (Å²) in [4.78, 5) is 31.9. The monoisotopic (exact) mass is 344 g/mol. The van der Waals surface area contributed by atoms with Gasteiger partial charge in [-0.1, -0.05) is 6.07 Å². The third kappa shape index (κ3) is 3.29. The minimum atomic E-state index is -0.409. The molecule has 1 saturated heterocycles. The van der Waals surface area contributed by atoms with Crippen LogP contribution in [0.5, 0.6) is 0 Å². The number of likely N-dealkylation sites (tertiary alicyclic amines) is 1. The highest BCUT2D eigenvalue weighted by Crippen LogP contribution is 2.16. The van der Waals surface area contributed by atoms with E-state index in [1.54, 1.807) is 13.2 Å². The summed E-state index contributed by atoms with van der Waals surface area (Å²) >= 11 is 0. The van der Waals surface area contributed by atoms with Crippen LogP contribution < -0.4 is 10.9 Å². The number of rotatable bonds is 4. The Bertz CT molecular complexity index is 846. The van der Waals surface area contributed by atoms with E-state index in [2.05, 4.69) is 29.0 Å². The van der Waals surface area contributed by atoms with Crippen molar-refractivity contribution in [1.82, 2.24) is 19.6 Å². The first-order valence-corrected chi connectivity index (χ1v) is 8.47. The predicted molar refractivity (Wildman–Crippen MR) is 95.0 cm³/mol. The predicted octanol–water partition coefficient (Wildman–Crippen LogP) is 0.840. The Morgan fingerprint density at radius 2 is 2.12 bits per heavy atom. The van der Waals surface area contributed by atoms with Crippen molar-refractivity contribution in [3.8, 4) is 0 Å². The van der Waals surface area contributed by atoms with Gasteiger partial charge in [-0.3, -0.25) is 18.9 Å². The fourth-order valence-corrected chi connectivity index (χ4v) is 3.28. The van der Waals surface area contributed by atoms with Gasteiger partial charge in [0.15, 0.2) is 0 Å². The Morgan fingerprint density at radius 1 is 1.36 bits per heavy atom. The molecule has 2 aromatic heterocycles. The molecule has 2 atom stereocenters. The molecule has 1 fully saturated rings. The van der Waals surface area contributed by atoms with Crippen LogP contribution in [0.4, 0.5) is 0 Å². The minimum Gasteiger partial charge on any atom is -0.378 e. The largest absolute Gasteiger partial charge is 0.378 e. The van der Waals surface area contributed by atoms with Crippen LogP contribution in [0.25, 0.3) is 5.65 Å². The number of aromatic nitrogens is 2. The van der Waals surface area contributed by atoms with Crippen molar-refractivity contribution < 1.29 is 9.53 Å². The minimum absolute atomic E-state index is 0.0460. The molecule has 0 aromatic carbocycles. The number of amides is 1. The maximum Gasteiger partial charge on any atom is 0.270 e. The molecule has 1 N–H and O–H groups in total. The number of nitrogens with one attached hydrogen (secondary N) is 1. The maximum absolute atomic E-state index is 12.7. The number of nitrogens with zero attached hydrogens (tertiary/aromatic N) is 3. The second kappa shape index (κ2) is 6.93. The van der Waals surface area contributed by atoms with Crippen molar-refractivity contribution >= 4 is 11.6 Å². The summed E-state index contributed by atoms with van der Waals surface area (Å²) < 4.78 is 6.96. The summed E-state index contributed by atoms with van der Waals surface area (Å²) in [6.45, 7) is 7.49. The van der Waals surface area contributed by atoms with E-state index in [0.29, 0.717) is 18.2 Å². The van der Waals surface area contributed by atoms with Crippen molar-refractivity contribution in [2.75, 3.05) is 20.2 Å². The van der Waals surface area contributed by atoms with Crippen LogP contribution in [0.3, 0.4) is 0 Å². The summed E-state index contributed by atoms with van der Waals surface area (Å²) in [7, 11) is 1.64. The maximum atomic E-state index is 12.7. The molecule has 25 heavy (non-hydrogen) atoms. The zero-order chi connectivity index (χ0) is 18.1. The summed E-state index contributed by atoms with van der Waals surface area (Å²) in [5.74, 6) is -0.409. The smallest absolute Gasteiger partial charge is 0.270 e. The molecule has 0 bridgehead atoms. The van der Waals surface area contributed by atoms with Gasteiger partial charge in [0, 0.05) is 38.1 Å². The molecular weight excluding hydrogens is 320 g/mol. The standard InChI is InChI=1S/C18H24N4O3/c1-11(2)21-9-14(15(10-21)25-4)20-17(23)13-8-19-16-7-5-6-12(3)22(16)18(13)24/h5-8,11,14-15H,9-10H2,1-4H3,(H,20,23)/t14-,15-/m0/s1. The number of aryl methyl sites for hydroxylation is 1. The van der Waals surface area contributed by atoms with Crippen molar-refractivity contribution in [2.45, 2.75) is 39.0 Å². The second-order valence-electron chi connectivity index (χ2n) is 6.74. The van der Waals surface area contributed by atoms with Crippen LogP contribution in [0.15, 0.2) is 29.2 Å². The molecule has 3 rings (SSSR count). The number of carbonyl (C=O) groups is 1. The lowest BCUT2D eigenvalue weighted by atomic mass is 10.2. The number of ether oxygens (including phenoxy) is 1. The number of pyridine rings is 1. The Hall–Kier alpha value is -2.25. The van der Waals surface area contributed by atoms with Crippen LogP contribution in [0, 0.1) is 6.92 Å². The highest BCUT2D eigenvalue weighted by atomic mass is 16.5. The molecule has 134 valence electrons. The van der Waals surface area contributed by atoms with Gasteiger partial charge in [0.25, 0.3) is 11.5 Å². The number of hydrogen-bond donors (Lipinski definition) is 1. The van der Waals surface area contributed by atoms with Crippen LogP contribution in [-0.2, 0) is 4.74 Å². The highest BCUT2D eigenvalue weighted by molar-refractivity contribution is 5.94. The number of hydrogen-bond acceptors (Lipinski definition) is 5. The molecule has 1 aliphatic rings. The summed E-state index contributed by atoms with van der Waals surface area (Å²) in [6.07, 6.45) is 1.26. The highest BCUT2D eigenvalue weighted by Gasteiger charge is 2.35. The van der Waals surface area contributed by atoms with Crippen molar-refractivity contribution in [2.24, 2.45) is 0 Å². The summed E-state index contributed by atoms with van der Waals surface area (Å²) in [6, 6.07) is 5.61. The lowest BCUT2D eigenvalue weighted by Gasteiger charge is -2.20. The fraction of sp³-hybridized carbons (Fsp3) is 0.500. The molecule has 7 heteroatoms. The van der Waals surface area contributed by atoms with Gasteiger partial charge in [0.2, 0.25) is 0 Å². The first kappa shape index (κ1) is 17.6. The Balaban J connectivity index is 1.87. The van der Waals surface area contributed by atoms with Crippen LogP contribution in [0.2, 0.25) is 0 Å². The normalized spacial score (nSPS) is 21.2. The fourth-order valence-electron chi connectivity index (χ4n) is 3.28. The zero-order valence-electron chi connectivity index (χ0n) is 15.0. The van der Waals surface area contributed by atoms with Crippen molar-refractivity contribution in [1.29, 1.82) is 0 Å². The van der Waals surface area contributed by atoms with Gasteiger partial charge in [-0.15, -0.1) is 0 Å². The average molecular weight is 344 g/mol. The van der Waals surface area contributed by atoms with E-state index in [9.17, 15) is 9.59 Å².